The summed E-state index contributed by atoms with van der Waals surface area (Å²) in [5.41, 5.74) is 0.317. The van der Waals surface area contributed by atoms with Crippen molar-refractivity contribution < 1.29 is 0 Å². The van der Waals surface area contributed by atoms with Crippen LogP contribution in [-0.2, 0) is 0 Å². The van der Waals surface area contributed by atoms with Gasteiger partial charge in [0.1, 0.15) is 16.1 Å². The molecule has 0 atom stereocenters. The molecule has 0 N–H and O–H groups in total. The van der Waals surface area contributed by atoms with Gasteiger partial charge in [0.2, 0.25) is 0 Å². The lowest BCUT2D eigenvalue weighted by molar-refractivity contribution is 1.01. The summed E-state index contributed by atoms with van der Waals surface area (Å²) in [6.07, 6.45) is 4.75. The van der Waals surface area contributed by atoms with Gasteiger partial charge in [-0.25, -0.2) is 15.0 Å². The fourth-order valence-electron chi connectivity index (χ4n) is 0.998. The Labute approximate surface area is 105 Å². The SMILES string of the molecule is N#Cc1nccnc1Sc1ccc(Br)cn1. The van der Waals surface area contributed by atoms with Gasteiger partial charge >= 0.3 is 0 Å². The molecule has 0 bridgehead atoms. The number of nitriles is 1. The van der Waals surface area contributed by atoms with E-state index < -0.39 is 0 Å². The molecular formula is C10H5BrN4S. The summed E-state index contributed by atoms with van der Waals surface area (Å²) in [7, 11) is 0. The van der Waals surface area contributed by atoms with Crippen molar-refractivity contribution in [2.45, 2.75) is 10.1 Å². The van der Waals surface area contributed by atoms with Crippen LogP contribution in [0, 0.1) is 11.3 Å². The fraction of sp³-hybridized carbons (Fsp3) is 0. The van der Waals surface area contributed by atoms with Gasteiger partial charge in [0.05, 0.1) is 0 Å². The van der Waals surface area contributed by atoms with Crippen LogP contribution in [0.2, 0.25) is 0 Å². The Morgan fingerprint density at radius 1 is 1.19 bits per heavy atom. The van der Waals surface area contributed by atoms with E-state index in [0.29, 0.717) is 10.7 Å². The standard InChI is InChI=1S/C10H5BrN4S/c11-7-1-2-9(15-6-7)16-10-8(5-12)13-3-4-14-10/h1-4,6H. The van der Waals surface area contributed by atoms with Crippen LogP contribution in [0.5, 0.6) is 0 Å². The zero-order valence-corrected chi connectivity index (χ0v) is 10.4. The molecule has 78 valence electrons. The third kappa shape index (κ3) is 2.56. The number of hydrogen-bond donors (Lipinski definition) is 0. The summed E-state index contributed by atoms with van der Waals surface area (Å²) >= 11 is 4.63. The molecule has 2 aromatic rings. The zero-order chi connectivity index (χ0) is 11.4. The Hall–Kier alpha value is -1.45. The summed E-state index contributed by atoms with van der Waals surface area (Å²) in [5, 5.41) is 10.2. The molecule has 0 amide bonds. The van der Waals surface area contributed by atoms with E-state index in [0.717, 1.165) is 9.50 Å². The highest BCUT2D eigenvalue weighted by Crippen LogP contribution is 2.26. The Morgan fingerprint density at radius 3 is 2.69 bits per heavy atom. The Kier molecular flexibility index (Phi) is 3.49. The summed E-state index contributed by atoms with van der Waals surface area (Å²) < 4.78 is 0.913. The Morgan fingerprint density at radius 2 is 2.00 bits per heavy atom. The maximum absolute atomic E-state index is 8.85. The maximum atomic E-state index is 8.85. The molecule has 16 heavy (non-hydrogen) atoms. The Balaban J connectivity index is 2.27. The van der Waals surface area contributed by atoms with Crippen molar-refractivity contribution in [2.75, 3.05) is 0 Å². The van der Waals surface area contributed by atoms with Crippen LogP contribution in [0.3, 0.4) is 0 Å². The predicted octanol–water partition coefficient (Wildman–Crippen LogP) is 2.66. The summed E-state index contributed by atoms with van der Waals surface area (Å²) in [4.78, 5) is 12.2. The molecule has 0 saturated heterocycles. The number of rotatable bonds is 2. The third-order valence-electron chi connectivity index (χ3n) is 1.67. The van der Waals surface area contributed by atoms with Crippen LogP contribution in [0.15, 0.2) is 45.2 Å². The summed E-state index contributed by atoms with van der Waals surface area (Å²) in [6.45, 7) is 0. The van der Waals surface area contributed by atoms with Crippen LogP contribution in [0.25, 0.3) is 0 Å². The second-order valence-corrected chi connectivity index (χ2v) is 4.66. The molecule has 0 aliphatic rings. The lowest BCUT2D eigenvalue weighted by atomic mass is 10.5. The van der Waals surface area contributed by atoms with Gasteiger partial charge in [-0.2, -0.15) is 5.26 Å². The first kappa shape index (κ1) is 11.0. The van der Waals surface area contributed by atoms with Gasteiger partial charge in [-0.1, -0.05) is 0 Å². The summed E-state index contributed by atoms with van der Waals surface area (Å²) in [5.74, 6) is 0. The molecule has 6 heteroatoms. The van der Waals surface area contributed by atoms with Crippen molar-refractivity contribution in [3.05, 3.63) is 40.9 Å². The second-order valence-electron chi connectivity index (χ2n) is 2.74. The predicted molar refractivity (Wildman–Crippen MR) is 62.8 cm³/mol. The average molecular weight is 293 g/mol. The number of pyridine rings is 1. The number of aromatic nitrogens is 3. The van der Waals surface area contributed by atoms with Crippen molar-refractivity contribution >= 4 is 27.7 Å². The molecule has 0 aliphatic heterocycles. The fourth-order valence-corrected chi connectivity index (χ4v) is 1.98. The van der Waals surface area contributed by atoms with Gasteiger partial charge < -0.3 is 0 Å². The van der Waals surface area contributed by atoms with E-state index in [1.165, 1.54) is 18.0 Å². The average Bonchev–Trinajstić information content (AvgIpc) is 2.33. The van der Waals surface area contributed by atoms with Gasteiger partial charge in [0.15, 0.2) is 5.69 Å². The molecule has 0 unspecified atom stereocenters. The van der Waals surface area contributed by atoms with E-state index in [2.05, 4.69) is 30.9 Å². The molecule has 2 heterocycles. The van der Waals surface area contributed by atoms with Crippen molar-refractivity contribution in [3.8, 4) is 6.07 Å². The van der Waals surface area contributed by atoms with Gasteiger partial charge in [0.25, 0.3) is 0 Å². The van der Waals surface area contributed by atoms with Gasteiger partial charge in [-0.15, -0.1) is 0 Å². The zero-order valence-electron chi connectivity index (χ0n) is 7.96. The minimum Gasteiger partial charge on any atom is -0.248 e. The molecule has 0 saturated carbocycles. The lowest BCUT2D eigenvalue weighted by Crippen LogP contribution is -1.90. The highest BCUT2D eigenvalue weighted by molar-refractivity contribution is 9.10. The Bertz CT molecular complexity index is 535. The highest BCUT2D eigenvalue weighted by atomic mass is 79.9. The first-order chi connectivity index (χ1) is 7.79. The van der Waals surface area contributed by atoms with Crippen LogP contribution < -0.4 is 0 Å². The molecular weight excluding hydrogens is 288 g/mol. The van der Waals surface area contributed by atoms with Crippen LogP contribution >= 0.6 is 27.7 Å². The molecule has 2 rings (SSSR count). The molecule has 2 aromatic heterocycles. The van der Waals surface area contributed by atoms with E-state index in [1.807, 2.05) is 18.2 Å². The largest absolute Gasteiger partial charge is 0.248 e. The molecule has 0 spiro atoms. The molecule has 0 aromatic carbocycles. The number of nitrogens with zero attached hydrogens (tertiary/aromatic N) is 4. The van der Waals surface area contributed by atoms with E-state index >= 15 is 0 Å². The first-order valence-corrected chi connectivity index (χ1v) is 5.91. The minimum absolute atomic E-state index is 0.317. The van der Waals surface area contributed by atoms with Crippen LogP contribution in [0.1, 0.15) is 5.69 Å². The van der Waals surface area contributed by atoms with Gasteiger partial charge in [-0.3, -0.25) is 0 Å². The molecule has 4 nitrogen and oxygen atoms in total. The van der Waals surface area contributed by atoms with E-state index in [9.17, 15) is 0 Å². The maximum Gasteiger partial charge on any atom is 0.173 e. The van der Waals surface area contributed by atoms with E-state index in [4.69, 9.17) is 5.26 Å². The number of hydrogen-bond acceptors (Lipinski definition) is 5. The number of halogens is 1. The topological polar surface area (TPSA) is 62.5 Å². The summed E-state index contributed by atoms with van der Waals surface area (Å²) in [6, 6.07) is 5.73. The monoisotopic (exact) mass is 292 g/mol. The lowest BCUT2D eigenvalue weighted by Gasteiger charge is -2.00. The second kappa shape index (κ2) is 5.05. The molecule has 0 aliphatic carbocycles. The van der Waals surface area contributed by atoms with Crippen molar-refractivity contribution in [3.63, 3.8) is 0 Å². The van der Waals surface area contributed by atoms with Crippen molar-refractivity contribution in [2.24, 2.45) is 0 Å². The molecule has 0 fully saturated rings. The van der Waals surface area contributed by atoms with Crippen molar-refractivity contribution in [1.29, 1.82) is 5.26 Å². The quantitative estimate of drug-likeness (QED) is 0.851. The third-order valence-corrected chi connectivity index (χ3v) is 3.08. The van der Waals surface area contributed by atoms with Crippen LogP contribution in [0.4, 0.5) is 0 Å². The van der Waals surface area contributed by atoms with E-state index in [-0.39, 0.29) is 0 Å². The molecule has 0 radical (unpaired) electrons. The van der Waals surface area contributed by atoms with E-state index in [1.54, 1.807) is 12.4 Å². The first-order valence-electron chi connectivity index (χ1n) is 4.30. The van der Waals surface area contributed by atoms with Gasteiger partial charge in [-0.05, 0) is 39.8 Å². The smallest absolute Gasteiger partial charge is 0.173 e. The minimum atomic E-state index is 0.317. The van der Waals surface area contributed by atoms with Crippen LogP contribution in [-0.4, -0.2) is 15.0 Å². The normalized spacial score (nSPS) is 9.75. The van der Waals surface area contributed by atoms with Gasteiger partial charge in [0, 0.05) is 23.1 Å². The highest BCUT2D eigenvalue weighted by Gasteiger charge is 2.06. The van der Waals surface area contributed by atoms with Crippen molar-refractivity contribution in [1.82, 2.24) is 15.0 Å².